The normalized spacial score (nSPS) is 17.3. The summed E-state index contributed by atoms with van der Waals surface area (Å²) >= 11 is 0. The Hall–Kier alpha value is -4.22. The van der Waals surface area contributed by atoms with Gasteiger partial charge in [-0.2, -0.15) is 0 Å². The van der Waals surface area contributed by atoms with Crippen LogP contribution in [-0.4, -0.2) is 58.4 Å². The summed E-state index contributed by atoms with van der Waals surface area (Å²) in [4.78, 5) is 56.7. The second-order valence-corrected chi connectivity index (χ2v) is 11.0. The van der Waals surface area contributed by atoms with Gasteiger partial charge in [0.25, 0.3) is 0 Å². The van der Waals surface area contributed by atoms with E-state index in [2.05, 4.69) is 19.9 Å². The first-order valence-corrected chi connectivity index (χ1v) is 13.9. The summed E-state index contributed by atoms with van der Waals surface area (Å²) in [5, 5.41) is 0. The van der Waals surface area contributed by atoms with Crippen molar-refractivity contribution >= 4 is 46.9 Å². The molecule has 1 aliphatic carbocycles. The number of nitrogens with one attached hydrogen (secondary N) is 2. The van der Waals surface area contributed by atoms with Crippen molar-refractivity contribution in [2.24, 2.45) is 23.3 Å². The number of nitrogens with two attached hydrogens (primary N) is 2. The molecule has 222 valence electrons. The number of fused-ring (bicyclic) bond motifs is 1. The number of carbonyl (C=O) groups is 2. The average molecular weight is 593 g/mol. The summed E-state index contributed by atoms with van der Waals surface area (Å²) in [5.74, 6) is -0.00122. The number of imidazole rings is 1. The van der Waals surface area contributed by atoms with Gasteiger partial charge >= 0.3 is 5.69 Å². The number of nitrogens with zero attached hydrogens (tertiary/aromatic N) is 4. The van der Waals surface area contributed by atoms with E-state index < -0.39 is 11.9 Å². The number of aromatic amines is 2. The number of rotatable bonds is 9. The minimum Gasteiger partial charge on any atom is -0.368 e. The van der Waals surface area contributed by atoms with Crippen molar-refractivity contribution in [3.63, 3.8) is 0 Å². The number of carbonyl (C=O) groups excluding carboxylic acids is 2. The molecular weight excluding hydrogens is 556 g/mol. The van der Waals surface area contributed by atoms with Crippen molar-refractivity contribution in [1.82, 2.24) is 19.9 Å². The van der Waals surface area contributed by atoms with Crippen LogP contribution in [0.5, 0.6) is 0 Å². The first-order valence-electron chi connectivity index (χ1n) is 13.9. The second-order valence-electron chi connectivity index (χ2n) is 11.0. The monoisotopic (exact) mass is 592 g/mol. The molecule has 2 amide bonds. The van der Waals surface area contributed by atoms with Gasteiger partial charge in [-0.25, -0.2) is 14.8 Å². The highest BCUT2D eigenvalue weighted by Gasteiger charge is 2.36. The number of hydrogen-bond acceptors (Lipinski definition) is 7. The number of anilines is 2. The zero-order valence-corrected chi connectivity index (χ0v) is 24.6. The van der Waals surface area contributed by atoms with Crippen LogP contribution in [0.25, 0.3) is 22.2 Å². The number of H-pyrrole nitrogens is 2. The van der Waals surface area contributed by atoms with Crippen LogP contribution in [0.1, 0.15) is 31.2 Å². The van der Waals surface area contributed by atoms with Gasteiger partial charge in [0.15, 0.2) is 0 Å². The lowest BCUT2D eigenvalue weighted by Gasteiger charge is -2.35. The summed E-state index contributed by atoms with van der Waals surface area (Å²) in [5.41, 5.74) is 15.8. The quantitative estimate of drug-likeness (QED) is 0.232. The molecule has 0 bridgehead atoms. The van der Waals surface area contributed by atoms with Gasteiger partial charge in [0.2, 0.25) is 17.8 Å². The highest BCUT2D eigenvalue weighted by atomic mass is 35.5. The van der Waals surface area contributed by atoms with E-state index >= 15 is 0 Å². The molecule has 2 aromatic heterocycles. The van der Waals surface area contributed by atoms with Gasteiger partial charge in [-0.05, 0) is 67.5 Å². The first-order chi connectivity index (χ1) is 19.7. The fourth-order valence-electron chi connectivity index (χ4n) is 5.59. The van der Waals surface area contributed by atoms with Crippen LogP contribution >= 0.6 is 12.4 Å². The van der Waals surface area contributed by atoms with Gasteiger partial charge in [-0.15, -0.1) is 12.4 Å². The van der Waals surface area contributed by atoms with Gasteiger partial charge in [0, 0.05) is 50.1 Å². The van der Waals surface area contributed by atoms with Crippen molar-refractivity contribution in [3.8, 4) is 11.1 Å². The van der Waals surface area contributed by atoms with Crippen molar-refractivity contribution in [2.45, 2.75) is 38.1 Å². The first kappa shape index (κ1) is 30.7. The Kier molecular flexibility index (Phi) is 9.64. The van der Waals surface area contributed by atoms with Crippen LogP contribution < -0.4 is 27.0 Å². The third kappa shape index (κ3) is 6.63. The third-order valence-electron chi connectivity index (χ3n) is 7.91. The van der Waals surface area contributed by atoms with Gasteiger partial charge in [-0.1, -0.05) is 24.3 Å². The Morgan fingerprint density at radius 3 is 2.31 bits per heavy atom. The topological polar surface area (TPSA) is 167 Å². The second kappa shape index (κ2) is 13.2. The third-order valence-corrected chi connectivity index (χ3v) is 7.91. The molecule has 0 aliphatic heterocycles. The fourth-order valence-corrected chi connectivity index (χ4v) is 5.59. The van der Waals surface area contributed by atoms with Crippen LogP contribution in [-0.2, 0) is 16.0 Å². The maximum Gasteiger partial charge on any atom is 0.323 e. The molecule has 42 heavy (non-hydrogen) atoms. The van der Waals surface area contributed by atoms with Crippen molar-refractivity contribution in [1.29, 1.82) is 0 Å². The van der Waals surface area contributed by atoms with Crippen molar-refractivity contribution < 1.29 is 9.59 Å². The Morgan fingerprint density at radius 2 is 1.67 bits per heavy atom. The van der Waals surface area contributed by atoms with Gasteiger partial charge in [-0.3, -0.25) is 14.5 Å². The molecule has 0 spiro atoms. The smallest absolute Gasteiger partial charge is 0.323 e. The lowest BCUT2D eigenvalue weighted by atomic mass is 9.81. The maximum atomic E-state index is 14.1. The van der Waals surface area contributed by atoms with Gasteiger partial charge in [0.05, 0.1) is 11.0 Å². The molecular formula is C30H37ClN8O3. The summed E-state index contributed by atoms with van der Waals surface area (Å²) in [7, 11) is 3.75. The minimum atomic E-state index is -0.944. The Morgan fingerprint density at radius 1 is 0.976 bits per heavy atom. The number of amides is 2. The molecule has 12 heteroatoms. The summed E-state index contributed by atoms with van der Waals surface area (Å²) in [6.07, 6.45) is 6.85. The molecule has 6 N–H and O–H groups in total. The van der Waals surface area contributed by atoms with E-state index in [1.165, 1.54) is 4.90 Å². The fraction of sp³-hybridized carbons (Fsp3) is 0.367. The van der Waals surface area contributed by atoms with Crippen LogP contribution in [0.15, 0.2) is 59.7 Å². The van der Waals surface area contributed by atoms with Crippen molar-refractivity contribution in [3.05, 3.63) is 70.9 Å². The molecule has 0 unspecified atom stereocenters. The molecule has 2 heterocycles. The summed E-state index contributed by atoms with van der Waals surface area (Å²) < 4.78 is 0. The highest BCUT2D eigenvalue weighted by molar-refractivity contribution is 6.02. The predicted molar refractivity (Wildman–Crippen MR) is 167 cm³/mol. The van der Waals surface area contributed by atoms with E-state index in [1.54, 1.807) is 30.6 Å². The number of hydrogen-bond donors (Lipinski definition) is 4. The lowest BCUT2D eigenvalue weighted by Crippen LogP contribution is -2.52. The van der Waals surface area contributed by atoms with E-state index in [1.807, 2.05) is 43.3 Å². The largest absolute Gasteiger partial charge is 0.368 e. The van der Waals surface area contributed by atoms with Gasteiger partial charge < -0.3 is 26.3 Å². The molecule has 4 aromatic rings. The van der Waals surface area contributed by atoms with E-state index in [0.29, 0.717) is 48.0 Å². The molecule has 5 rings (SSSR count). The van der Waals surface area contributed by atoms with Crippen LogP contribution in [0, 0.1) is 11.8 Å². The van der Waals surface area contributed by atoms with E-state index in [4.69, 9.17) is 11.5 Å². The number of primary amides is 1. The predicted octanol–water partition coefficient (Wildman–Crippen LogP) is 3.00. The molecule has 1 atom stereocenters. The van der Waals surface area contributed by atoms with E-state index in [0.717, 1.165) is 29.5 Å². The van der Waals surface area contributed by atoms with E-state index in [9.17, 15) is 14.4 Å². The molecule has 0 radical (unpaired) electrons. The Balaban J connectivity index is 0.00000405. The van der Waals surface area contributed by atoms with Gasteiger partial charge in [0.1, 0.15) is 6.04 Å². The lowest BCUT2D eigenvalue weighted by molar-refractivity contribution is -0.127. The van der Waals surface area contributed by atoms with Crippen LogP contribution in [0.3, 0.4) is 0 Å². The highest BCUT2D eigenvalue weighted by Crippen LogP contribution is 2.33. The Bertz CT molecular complexity index is 1590. The summed E-state index contributed by atoms with van der Waals surface area (Å²) in [6, 6.07) is 12.0. The van der Waals surface area contributed by atoms with Crippen LogP contribution in [0.4, 0.5) is 11.6 Å². The standard InChI is InChI=1S/C30H36N8O3.ClH/c1-37(2)29-33-16-22(17-34-29)21-5-3-4-19(12-21)13-26(27(32)39)38(28(40)20-8-6-18(15-31)7-9-20)23-10-11-24-25(14-23)36-30(41)35-24;/h3-5,10-12,14,16-18,20,26H,6-9,13,15,31H2,1-2H3,(H2,32,39)(H2,35,36,41);1H/t18?,20?,26-;/m0./s1. The minimum absolute atomic E-state index is 0. The molecule has 2 aromatic carbocycles. The number of aromatic nitrogens is 4. The molecule has 1 fully saturated rings. The zero-order chi connectivity index (χ0) is 29.1. The zero-order valence-electron chi connectivity index (χ0n) is 23.7. The van der Waals surface area contributed by atoms with E-state index in [-0.39, 0.29) is 36.3 Å². The molecule has 1 saturated carbocycles. The molecule has 0 saturated heterocycles. The maximum absolute atomic E-state index is 14.1. The number of halogens is 1. The average Bonchev–Trinajstić information content (AvgIpc) is 3.36. The van der Waals surface area contributed by atoms with Crippen molar-refractivity contribution in [2.75, 3.05) is 30.4 Å². The molecule has 11 nitrogen and oxygen atoms in total. The number of benzene rings is 2. The Labute approximate surface area is 250 Å². The van der Waals surface area contributed by atoms with Crippen LogP contribution in [0.2, 0.25) is 0 Å². The SMILES string of the molecule is CN(C)c1ncc(-c2cccc(C[C@@H](C(N)=O)N(C(=O)C3CCC(CN)CC3)c3ccc4[nH]c(=O)[nH]c4c3)c2)cn1.Cl. The molecule has 1 aliphatic rings. The summed E-state index contributed by atoms with van der Waals surface area (Å²) in [6.45, 7) is 0.602.